The van der Waals surface area contributed by atoms with E-state index in [0.717, 1.165) is 12.1 Å². The first-order chi connectivity index (χ1) is 14.0. The van der Waals surface area contributed by atoms with Gasteiger partial charge in [0.1, 0.15) is 6.04 Å². The van der Waals surface area contributed by atoms with Crippen LogP contribution >= 0.6 is 11.6 Å². The molecule has 0 saturated carbocycles. The lowest BCUT2D eigenvalue weighted by atomic mass is 9.99. The van der Waals surface area contributed by atoms with E-state index in [2.05, 4.69) is 20.4 Å². The first kappa shape index (κ1) is 21.7. The number of amides is 1. The number of aliphatic hydroxyl groups is 1. The molecule has 1 amide bonds. The Labute approximate surface area is 173 Å². The van der Waals surface area contributed by atoms with Gasteiger partial charge in [-0.2, -0.15) is 18.2 Å². The zero-order valence-corrected chi connectivity index (χ0v) is 16.5. The molecule has 0 aliphatic rings. The lowest BCUT2D eigenvalue weighted by Crippen LogP contribution is -2.27. The summed E-state index contributed by atoms with van der Waals surface area (Å²) in [6, 6.07) is 5.77. The van der Waals surface area contributed by atoms with Gasteiger partial charge in [-0.05, 0) is 49.7 Å². The molecule has 0 fully saturated rings. The third-order valence-electron chi connectivity index (χ3n) is 4.13. The highest BCUT2D eigenvalue weighted by Crippen LogP contribution is 2.35. The van der Waals surface area contributed by atoms with Crippen LogP contribution in [-0.4, -0.2) is 32.3 Å². The van der Waals surface area contributed by atoms with E-state index in [9.17, 15) is 23.1 Å². The van der Waals surface area contributed by atoms with E-state index >= 15 is 0 Å². The number of halogens is 4. The first-order valence-corrected chi connectivity index (χ1v) is 9.05. The molecule has 1 aromatic carbocycles. The van der Waals surface area contributed by atoms with Crippen molar-refractivity contribution in [1.82, 2.24) is 20.4 Å². The minimum Gasteiger partial charge on any atom is -0.379 e. The zero-order chi connectivity index (χ0) is 22.1. The van der Waals surface area contributed by atoms with Crippen LogP contribution in [0.4, 0.5) is 13.2 Å². The van der Waals surface area contributed by atoms with Crippen molar-refractivity contribution in [3.63, 3.8) is 0 Å². The molecule has 2 N–H and O–H groups in total. The van der Waals surface area contributed by atoms with Gasteiger partial charge in [0.25, 0.3) is 5.91 Å². The van der Waals surface area contributed by atoms with Crippen LogP contribution in [0.2, 0.25) is 5.02 Å². The van der Waals surface area contributed by atoms with Gasteiger partial charge >= 0.3 is 6.18 Å². The van der Waals surface area contributed by atoms with Gasteiger partial charge in [0, 0.05) is 17.3 Å². The van der Waals surface area contributed by atoms with Gasteiger partial charge in [0.2, 0.25) is 5.89 Å². The normalized spacial score (nSPS) is 13.7. The summed E-state index contributed by atoms with van der Waals surface area (Å²) in [5.41, 5.74) is -0.113. The highest BCUT2D eigenvalue weighted by Gasteiger charge is 2.40. The average Bonchev–Trinajstić information content (AvgIpc) is 3.13. The van der Waals surface area contributed by atoms with E-state index in [1.807, 2.05) is 0 Å². The number of alkyl halides is 3. The van der Waals surface area contributed by atoms with E-state index in [4.69, 9.17) is 16.1 Å². The summed E-state index contributed by atoms with van der Waals surface area (Å²) in [6.45, 7) is 3.19. The van der Waals surface area contributed by atoms with Gasteiger partial charge < -0.3 is 14.9 Å². The summed E-state index contributed by atoms with van der Waals surface area (Å²) < 4.78 is 44.2. The van der Waals surface area contributed by atoms with E-state index in [1.54, 1.807) is 13.8 Å². The Bertz CT molecular complexity index is 1050. The average molecular weight is 441 g/mol. The van der Waals surface area contributed by atoms with Crippen LogP contribution in [-0.2, 0) is 0 Å². The van der Waals surface area contributed by atoms with Crippen molar-refractivity contribution >= 4 is 17.5 Å². The predicted octanol–water partition coefficient (Wildman–Crippen LogP) is 4.18. The molecule has 30 heavy (non-hydrogen) atoms. The summed E-state index contributed by atoms with van der Waals surface area (Å²) in [5.74, 6) is -0.172. The number of pyridine rings is 1. The van der Waals surface area contributed by atoms with Crippen LogP contribution in [0.25, 0.3) is 11.3 Å². The van der Waals surface area contributed by atoms with E-state index in [-0.39, 0.29) is 22.7 Å². The maximum atomic E-state index is 13.1. The zero-order valence-electron chi connectivity index (χ0n) is 15.7. The predicted molar refractivity (Wildman–Crippen MR) is 101 cm³/mol. The minimum atomic E-state index is -4.91. The third-order valence-corrected chi connectivity index (χ3v) is 4.35. The number of hydrogen-bond acceptors (Lipinski definition) is 6. The van der Waals surface area contributed by atoms with Gasteiger partial charge in [-0.15, -0.1) is 0 Å². The van der Waals surface area contributed by atoms with Crippen LogP contribution < -0.4 is 5.32 Å². The Balaban J connectivity index is 1.98. The molecule has 0 spiro atoms. The van der Waals surface area contributed by atoms with Gasteiger partial charge in [0.05, 0.1) is 10.7 Å². The summed E-state index contributed by atoms with van der Waals surface area (Å²) in [6.07, 6.45) is -6.36. The monoisotopic (exact) mass is 440 g/mol. The lowest BCUT2D eigenvalue weighted by Gasteiger charge is -2.18. The van der Waals surface area contributed by atoms with Crippen LogP contribution in [0, 0.1) is 6.92 Å². The lowest BCUT2D eigenvalue weighted by molar-refractivity contribution is -0.206. The van der Waals surface area contributed by atoms with E-state index in [0.29, 0.717) is 10.8 Å². The molecule has 1 unspecified atom stereocenters. The molecule has 3 rings (SSSR count). The van der Waals surface area contributed by atoms with Gasteiger partial charge in [0.15, 0.2) is 11.9 Å². The molecular weight excluding hydrogens is 425 g/mol. The largest absolute Gasteiger partial charge is 0.418 e. The summed E-state index contributed by atoms with van der Waals surface area (Å²) >= 11 is 5.80. The molecule has 0 bridgehead atoms. The first-order valence-electron chi connectivity index (χ1n) is 8.67. The molecule has 0 aliphatic carbocycles. The second-order valence-corrected chi connectivity index (χ2v) is 6.96. The standard InChI is InChI=1S/C19H16ClF3N4O3/c1-9(18-26-10(2)27-30-18)25-17(29)13-6-11(15-4-3-14(20)8-24-15)5-12(7-13)16(28)19(21,22)23/h3-9,16,28H,1-2H3,(H,25,29)/t9-,16?/m1/s1. The Morgan fingerprint density at radius 2 is 2.00 bits per heavy atom. The quantitative estimate of drug-likeness (QED) is 0.617. The Kier molecular flexibility index (Phi) is 6.09. The topological polar surface area (TPSA) is 101 Å². The molecule has 7 nitrogen and oxygen atoms in total. The number of hydrogen-bond donors (Lipinski definition) is 2. The van der Waals surface area contributed by atoms with Crippen molar-refractivity contribution in [2.45, 2.75) is 32.2 Å². The maximum absolute atomic E-state index is 13.1. The molecular formula is C19H16ClF3N4O3. The number of carbonyl (C=O) groups is 1. The number of carbonyl (C=O) groups excluding carboxylic acids is 1. The fraction of sp³-hybridized carbons (Fsp3) is 0.263. The van der Waals surface area contributed by atoms with Gasteiger partial charge in [-0.1, -0.05) is 16.8 Å². The fourth-order valence-corrected chi connectivity index (χ4v) is 2.77. The summed E-state index contributed by atoms with van der Waals surface area (Å²) in [5, 5.41) is 16.3. The Morgan fingerprint density at radius 3 is 2.57 bits per heavy atom. The molecule has 3 aromatic rings. The highest BCUT2D eigenvalue weighted by molar-refractivity contribution is 6.30. The van der Waals surface area contributed by atoms with Crippen molar-refractivity contribution in [1.29, 1.82) is 0 Å². The van der Waals surface area contributed by atoms with Crippen molar-refractivity contribution in [2.24, 2.45) is 0 Å². The second-order valence-electron chi connectivity index (χ2n) is 6.52. The van der Waals surface area contributed by atoms with Gasteiger partial charge in [-0.25, -0.2) is 0 Å². The molecule has 158 valence electrons. The minimum absolute atomic E-state index is 0.106. The van der Waals surface area contributed by atoms with Gasteiger partial charge in [-0.3, -0.25) is 9.78 Å². The van der Waals surface area contributed by atoms with Crippen LogP contribution in [0.5, 0.6) is 0 Å². The molecule has 0 radical (unpaired) electrons. The van der Waals surface area contributed by atoms with Crippen molar-refractivity contribution in [3.05, 3.63) is 64.4 Å². The number of aryl methyl sites for hydroxylation is 1. The third kappa shape index (κ3) is 4.95. The fourth-order valence-electron chi connectivity index (χ4n) is 2.65. The molecule has 2 atom stereocenters. The molecule has 0 aliphatic heterocycles. The Morgan fingerprint density at radius 1 is 1.27 bits per heavy atom. The van der Waals surface area contributed by atoms with E-state index < -0.39 is 29.8 Å². The van der Waals surface area contributed by atoms with Crippen LogP contribution in [0.3, 0.4) is 0 Å². The highest BCUT2D eigenvalue weighted by atomic mass is 35.5. The van der Waals surface area contributed by atoms with E-state index in [1.165, 1.54) is 24.4 Å². The molecule has 2 aromatic heterocycles. The van der Waals surface area contributed by atoms with Crippen molar-refractivity contribution in [2.75, 3.05) is 0 Å². The van der Waals surface area contributed by atoms with Crippen LogP contribution in [0.1, 0.15) is 46.7 Å². The smallest absolute Gasteiger partial charge is 0.379 e. The number of benzene rings is 1. The number of nitrogens with one attached hydrogen (secondary N) is 1. The second kappa shape index (κ2) is 8.41. The Hall–Kier alpha value is -2.98. The van der Waals surface area contributed by atoms with Crippen LogP contribution in [0.15, 0.2) is 41.1 Å². The van der Waals surface area contributed by atoms with Crippen molar-refractivity contribution in [3.8, 4) is 11.3 Å². The summed E-state index contributed by atoms with van der Waals surface area (Å²) in [4.78, 5) is 20.8. The maximum Gasteiger partial charge on any atom is 0.418 e. The number of rotatable bonds is 5. The number of aliphatic hydroxyl groups excluding tert-OH is 1. The number of aromatic nitrogens is 3. The molecule has 2 heterocycles. The number of nitrogens with zero attached hydrogens (tertiary/aromatic N) is 3. The summed E-state index contributed by atoms with van der Waals surface area (Å²) in [7, 11) is 0. The van der Waals surface area contributed by atoms with Crippen molar-refractivity contribution < 1.29 is 27.6 Å². The molecule has 11 heteroatoms. The molecule has 0 saturated heterocycles. The SMILES string of the molecule is Cc1noc([C@@H](C)NC(=O)c2cc(-c3ccc(Cl)cn3)cc(C(O)C(F)(F)F)c2)n1.